The number of aromatic nitrogens is 2. The molecule has 0 N–H and O–H groups in total. The van der Waals surface area contributed by atoms with E-state index in [9.17, 15) is 10.1 Å². The van der Waals surface area contributed by atoms with Crippen LogP contribution in [-0.4, -0.2) is 48.9 Å². The summed E-state index contributed by atoms with van der Waals surface area (Å²) in [5, 5.41) is 15.5. The molecule has 9 heteroatoms. The summed E-state index contributed by atoms with van der Waals surface area (Å²) in [5.74, 6) is 0.0582. The van der Waals surface area contributed by atoms with Gasteiger partial charge in [0.1, 0.15) is 12.3 Å². The number of hydrogen-bond donors (Lipinski definition) is 0. The Morgan fingerprint density at radius 1 is 1.50 bits per heavy atom. The van der Waals surface area contributed by atoms with E-state index in [1.54, 1.807) is 0 Å². The van der Waals surface area contributed by atoms with Crippen molar-refractivity contribution in [3.05, 3.63) is 16.3 Å². The van der Waals surface area contributed by atoms with Crippen LogP contribution >= 0.6 is 0 Å². The maximum absolute atomic E-state index is 11.2. The topological polar surface area (TPSA) is 88.7 Å². The standard InChI is InChI=1S/C15H27N3O5Si/c1-15(2,3)24(4,5)22-9-7-17-10-13(18(19)20)14(16-17)23-12-6-8-21-11-12/h10,12H,6-9,11H2,1-5H3. The van der Waals surface area contributed by atoms with Gasteiger partial charge in [-0.15, -0.1) is 5.10 Å². The molecule has 136 valence electrons. The summed E-state index contributed by atoms with van der Waals surface area (Å²) < 4.78 is 18.5. The minimum Gasteiger partial charge on any atom is -0.466 e. The molecule has 1 atom stereocenters. The highest BCUT2D eigenvalue weighted by Gasteiger charge is 2.37. The molecular formula is C15H27N3O5Si. The summed E-state index contributed by atoms with van der Waals surface area (Å²) in [4.78, 5) is 10.7. The summed E-state index contributed by atoms with van der Waals surface area (Å²) in [6.45, 7) is 12.9. The number of rotatable bonds is 7. The van der Waals surface area contributed by atoms with E-state index in [4.69, 9.17) is 13.9 Å². The quantitative estimate of drug-likeness (QED) is 0.423. The Balaban J connectivity index is 1.99. The molecule has 1 fully saturated rings. The van der Waals surface area contributed by atoms with Gasteiger partial charge in [0.05, 0.1) is 31.3 Å². The summed E-state index contributed by atoms with van der Waals surface area (Å²) in [6.07, 6.45) is 1.95. The van der Waals surface area contributed by atoms with Crippen LogP contribution in [0.3, 0.4) is 0 Å². The predicted octanol–water partition coefficient (Wildman–Crippen LogP) is 2.98. The van der Waals surface area contributed by atoms with Gasteiger partial charge in [-0.25, -0.2) is 0 Å². The maximum atomic E-state index is 11.2. The number of nitro groups is 1. The van der Waals surface area contributed by atoms with Gasteiger partial charge in [-0.3, -0.25) is 14.8 Å². The molecular weight excluding hydrogens is 330 g/mol. The monoisotopic (exact) mass is 357 g/mol. The van der Waals surface area contributed by atoms with Crippen molar-refractivity contribution in [3.63, 3.8) is 0 Å². The van der Waals surface area contributed by atoms with Crippen molar-refractivity contribution >= 4 is 14.0 Å². The third-order valence-corrected chi connectivity index (χ3v) is 9.20. The van der Waals surface area contributed by atoms with Crippen molar-refractivity contribution < 1.29 is 18.8 Å². The van der Waals surface area contributed by atoms with Crippen molar-refractivity contribution in [2.75, 3.05) is 19.8 Å². The van der Waals surface area contributed by atoms with Gasteiger partial charge in [0, 0.05) is 6.42 Å². The zero-order valence-electron chi connectivity index (χ0n) is 15.1. The highest BCUT2D eigenvalue weighted by atomic mass is 28.4. The molecule has 1 aromatic rings. The number of hydrogen-bond acceptors (Lipinski definition) is 6. The molecule has 24 heavy (non-hydrogen) atoms. The van der Waals surface area contributed by atoms with Gasteiger partial charge in [-0.05, 0) is 18.1 Å². The Hall–Kier alpha value is -1.45. The van der Waals surface area contributed by atoms with Crippen molar-refractivity contribution in [1.82, 2.24) is 9.78 Å². The zero-order chi connectivity index (χ0) is 18.0. The van der Waals surface area contributed by atoms with Crippen LogP contribution in [0, 0.1) is 10.1 Å². The molecule has 1 unspecified atom stereocenters. The molecule has 0 bridgehead atoms. The first-order valence-corrected chi connectivity index (χ1v) is 11.1. The molecule has 2 rings (SSSR count). The lowest BCUT2D eigenvalue weighted by atomic mass is 10.2. The zero-order valence-corrected chi connectivity index (χ0v) is 16.1. The first-order chi connectivity index (χ1) is 11.1. The van der Waals surface area contributed by atoms with E-state index in [0.29, 0.717) is 26.4 Å². The molecule has 1 aliphatic heterocycles. The number of ether oxygens (including phenoxy) is 2. The van der Waals surface area contributed by atoms with E-state index in [-0.39, 0.29) is 22.7 Å². The third-order valence-electron chi connectivity index (χ3n) is 4.66. The molecule has 2 heterocycles. The van der Waals surface area contributed by atoms with Gasteiger partial charge in [-0.1, -0.05) is 20.8 Å². The fourth-order valence-corrected chi connectivity index (χ4v) is 3.13. The van der Waals surface area contributed by atoms with Crippen LogP contribution in [0.15, 0.2) is 6.20 Å². The number of nitrogens with zero attached hydrogens (tertiary/aromatic N) is 3. The average Bonchev–Trinajstić information content (AvgIpc) is 3.07. The van der Waals surface area contributed by atoms with Crippen LogP contribution in [-0.2, 0) is 15.7 Å². The van der Waals surface area contributed by atoms with Crippen LogP contribution in [0.25, 0.3) is 0 Å². The fourth-order valence-electron chi connectivity index (χ4n) is 2.09. The lowest BCUT2D eigenvalue weighted by molar-refractivity contribution is -0.386. The fraction of sp³-hybridized carbons (Fsp3) is 0.800. The normalized spacial score (nSPS) is 18.8. The van der Waals surface area contributed by atoms with Gasteiger partial charge in [0.15, 0.2) is 8.32 Å². The second-order valence-electron chi connectivity index (χ2n) is 7.55. The summed E-state index contributed by atoms with van der Waals surface area (Å²) >= 11 is 0. The summed E-state index contributed by atoms with van der Waals surface area (Å²) in [7, 11) is -1.84. The van der Waals surface area contributed by atoms with E-state index < -0.39 is 13.2 Å². The molecule has 8 nitrogen and oxygen atoms in total. The minimum atomic E-state index is -1.84. The van der Waals surface area contributed by atoms with Crippen LogP contribution in [0.1, 0.15) is 27.2 Å². The van der Waals surface area contributed by atoms with Gasteiger partial charge in [0.2, 0.25) is 0 Å². The predicted molar refractivity (Wildman–Crippen MR) is 91.9 cm³/mol. The highest BCUT2D eigenvalue weighted by molar-refractivity contribution is 6.74. The van der Waals surface area contributed by atoms with E-state index in [1.807, 2.05) is 0 Å². The van der Waals surface area contributed by atoms with E-state index in [0.717, 1.165) is 6.42 Å². The van der Waals surface area contributed by atoms with Gasteiger partial charge < -0.3 is 13.9 Å². The Bertz CT molecular complexity index is 576. The first kappa shape index (κ1) is 18.9. The van der Waals surface area contributed by atoms with Crippen molar-refractivity contribution in [2.45, 2.75) is 58.0 Å². The van der Waals surface area contributed by atoms with Crippen LogP contribution in [0.2, 0.25) is 18.1 Å². The highest BCUT2D eigenvalue weighted by Crippen LogP contribution is 2.36. The molecule has 0 saturated carbocycles. The summed E-state index contributed by atoms with van der Waals surface area (Å²) in [6, 6.07) is 0. The Morgan fingerprint density at radius 3 is 2.75 bits per heavy atom. The molecule has 0 amide bonds. The molecule has 0 radical (unpaired) electrons. The van der Waals surface area contributed by atoms with E-state index >= 15 is 0 Å². The lowest BCUT2D eigenvalue weighted by Gasteiger charge is -2.36. The Labute approximate surface area is 143 Å². The average molecular weight is 357 g/mol. The van der Waals surface area contributed by atoms with Crippen LogP contribution in [0.5, 0.6) is 5.88 Å². The third kappa shape index (κ3) is 4.55. The van der Waals surface area contributed by atoms with Crippen molar-refractivity contribution in [3.8, 4) is 5.88 Å². The second kappa shape index (κ2) is 7.20. The van der Waals surface area contributed by atoms with E-state index in [2.05, 4.69) is 39.0 Å². The molecule has 1 aromatic heterocycles. The Kier molecular flexibility index (Phi) is 5.66. The molecule has 1 aliphatic rings. The molecule has 0 spiro atoms. The van der Waals surface area contributed by atoms with Gasteiger partial charge in [-0.2, -0.15) is 0 Å². The molecule has 0 aliphatic carbocycles. The van der Waals surface area contributed by atoms with Gasteiger partial charge in [0.25, 0.3) is 0 Å². The maximum Gasteiger partial charge on any atom is 0.350 e. The van der Waals surface area contributed by atoms with Crippen molar-refractivity contribution in [1.29, 1.82) is 0 Å². The second-order valence-corrected chi connectivity index (χ2v) is 12.4. The van der Waals surface area contributed by atoms with Crippen LogP contribution < -0.4 is 4.74 Å². The van der Waals surface area contributed by atoms with Crippen LogP contribution in [0.4, 0.5) is 5.69 Å². The first-order valence-electron chi connectivity index (χ1n) is 8.20. The Morgan fingerprint density at radius 2 is 2.21 bits per heavy atom. The van der Waals surface area contributed by atoms with E-state index in [1.165, 1.54) is 10.9 Å². The SMILES string of the molecule is CC(C)(C)[Si](C)(C)OCCn1cc([N+](=O)[O-])c(OC2CCOC2)n1. The molecule has 0 aromatic carbocycles. The lowest BCUT2D eigenvalue weighted by Crippen LogP contribution is -2.41. The minimum absolute atomic E-state index is 0.0582. The largest absolute Gasteiger partial charge is 0.466 e. The summed E-state index contributed by atoms with van der Waals surface area (Å²) in [5.41, 5.74) is -0.116. The smallest absolute Gasteiger partial charge is 0.350 e. The van der Waals surface area contributed by atoms with Gasteiger partial charge >= 0.3 is 11.6 Å². The molecule has 1 saturated heterocycles. The van der Waals surface area contributed by atoms with Crippen molar-refractivity contribution in [2.24, 2.45) is 0 Å².